The Morgan fingerprint density at radius 3 is 2.36 bits per heavy atom. The number of anilines is 2. The number of halogens is 1. The van der Waals surface area contributed by atoms with Gasteiger partial charge in [0.25, 0.3) is 11.6 Å². The molecule has 0 fully saturated rings. The van der Waals surface area contributed by atoms with Crippen molar-refractivity contribution in [2.24, 2.45) is 0 Å². The van der Waals surface area contributed by atoms with Crippen LogP contribution in [0.5, 0.6) is 0 Å². The van der Waals surface area contributed by atoms with Gasteiger partial charge in [-0.2, -0.15) is 0 Å². The second kappa shape index (κ2) is 7.98. The van der Waals surface area contributed by atoms with E-state index in [4.69, 9.17) is 11.6 Å². The second-order valence-electron chi connectivity index (χ2n) is 5.80. The first kappa shape index (κ1) is 18.7. The van der Waals surface area contributed by atoms with E-state index < -0.39 is 10.8 Å². The molecule has 0 radical (unpaired) electrons. The predicted molar refractivity (Wildman–Crippen MR) is 101 cm³/mol. The molecule has 25 heavy (non-hydrogen) atoms. The lowest BCUT2D eigenvalue weighted by Gasteiger charge is -2.27. The molecule has 0 aliphatic carbocycles. The summed E-state index contributed by atoms with van der Waals surface area (Å²) in [6, 6.07) is 11.7. The first-order chi connectivity index (χ1) is 11.8. The van der Waals surface area contributed by atoms with Crippen molar-refractivity contribution < 1.29 is 9.72 Å². The number of carbonyl (C=O) groups excluding carboxylic acids is 1. The summed E-state index contributed by atoms with van der Waals surface area (Å²) in [6.45, 7) is 7.22. The Balaban J connectivity index is 2.14. The molecule has 0 saturated carbocycles. The lowest BCUT2D eigenvalue weighted by atomic mass is 10.1. The second-order valence-corrected chi connectivity index (χ2v) is 6.21. The Morgan fingerprint density at radius 2 is 1.88 bits per heavy atom. The summed E-state index contributed by atoms with van der Waals surface area (Å²) in [5, 5.41) is 13.5. The third kappa shape index (κ3) is 4.48. The van der Waals surface area contributed by atoms with E-state index in [0.29, 0.717) is 11.7 Å². The van der Waals surface area contributed by atoms with Crippen molar-refractivity contribution in [1.29, 1.82) is 0 Å². The fourth-order valence-corrected chi connectivity index (χ4v) is 2.84. The Kier molecular flexibility index (Phi) is 5.98. The Bertz CT molecular complexity index is 776. The molecule has 0 aliphatic rings. The van der Waals surface area contributed by atoms with Crippen molar-refractivity contribution >= 4 is 34.6 Å². The van der Waals surface area contributed by atoms with Crippen molar-refractivity contribution in [2.45, 2.75) is 26.8 Å². The molecule has 7 heteroatoms. The minimum atomic E-state index is -0.555. The van der Waals surface area contributed by atoms with Crippen LogP contribution in [0.4, 0.5) is 17.1 Å². The quantitative estimate of drug-likeness (QED) is 0.595. The molecule has 2 aromatic rings. The molecule has 0 aromatic heterocycles. The maximum atomic E-state index is 12.3. The van der Waals surface area contributed by atoms with Gasteiger partial charge in [0.15, 0.2) is 0 Å². The molecule has 0 heterocycles. The number of amides is 1. The fraction of sp³-hybridized carbons (Fsp3) is 0.278. The van der Waals surface area contributed by atoms with Gasteiger partial charge in [0.1, 0.15) is 0 Å². The van der Waals surface area contributed by atoms with Gasteiger partial charge in [0, 0.05) is 36.1 Å². The van der Waals surface area contributed by atoms with Crippen LogP contribution in [0.2, 0.25) is 5.02 Å². The number of carbonyl (C=O) groups is 1. The molecular formula is C18H20ClN3O3. The number of rotatable bonds is 6. The van der Waals surface area contributed by atoms with Crippen LogP contribution in [-0.4, -0.2) is 23.4 Å². The maximum Gasteiger partial charge on any atom is 0.270 e. The van der Waals surface area contributed by atoms with Crippen LogP contribution in [0.15, 0.2) is 42.5 Å². The van der Waals surface area contributed by atoms with Gasteiger partial charge in [0.05, 0.1) is 15.5 Å². The number of nitro benzene ring substituents is 1. The smallest absolute Gasteiger partial charge is 0.270 e. The zero-order chi connectivity index (χ0) is 18.6. The molecular weight excluding hydrogens is 342 g/mol. The molecule has 0 saturated heterocycles. The highest BCUT2D eigenvalue weighted by Crippen LogP contribution is 2.24. The topological polar surface area (TPSA) is 75.5 Å². The molecule has 0 unspecified atom stereocenters. The van der Waals surface area contributed by atoms with E-state index in [9.17, 15) is 14.9 Å². The van der Waals surface area contributed by atoms with Gasteiger partial charge >= 0.3 is 0 Å². The zero-order valence-electron chi connectivity index (χ0n) is 14.3. The highest BCUT2D eigenvalue weighted by atomic mass is 35.5. The predicted octanol–water partition coefficient (Wildman–Crippen LogP) is 4.74. The molecule has 0 bridgehead atoms. The summed E-state index contributed by atoms with van der Waals surface area (Å²) in [4.78, 5) is 24.7. The number of nitro groups is 1. The summed E-state index contributed by atoms with van der Waals surface area (Å²) in [7, 11) is 0. The van der Waals surface area contributed by atoms with Crippen LogP contribution >= 0.6 is 11.6 Å². The Hall–Kier alpha value is -2.60. The highest BCUT2D eigenvalue weighted by Gasteiger charge is 2.15. The third-order valence-electron chi connectivity index (χ3n) is 3.83. The van der Waals surface area contributed by atoms with E-state index in [1.807, 2.05) is 24.3 Å². The summed E-state index contributed by atoms with van der Waals surface area (Å²) in [5.41, 5.74) is 1.74. The SMILES string of the molecule is CCN(c1ccc(NC(=O)c2ccc([N+](=O)[O-])cc2Cl)cc1)C(C)C. The van der Waals surface area contributed by atoms with Gasteiger partial charge < -0.3 is 10.2 Å². The number of hydrogen-bond donors (Lipinski definition) is 1. The van der Waals surface area contributed by atoms with Crippen LogP contribution in [0.3, 0.4) is 0 Å². The van der Waals surface area contributed by atoms with Crippen LogP contribution < -0.4 is 10.2 Å². The average molecular weight is 362 g/mol. The van der Waals surface area contributed by atoms with E-state index in [-0.39, 0.29) is 16.3 Å². The van der Waals surface area contributed by atoms with Crippen LogP contribution in [0.25, 0.3) is 0 Å². The zero-order valence-corrected chi connectivity index (χ0v) is 15.1. The Morgan fingerprint density at radius 1 is 1.24 bits per heavy atom. The van der Waals surface area contributed by atoms with Crippen LogP contribution in [0, 0.1) is 10.1 Å². The van der Waals surface area contributed by atoms with E-state index in [1.165, 1.54) is 18.2 Å². The molecule has 6 nitrogen and oxygen atoms in total. The van der Waals surface area contributed by atoms with Gasteiger partial charge in [-0.3, -0.25) is 14.9 Å². The lowest BCUT2D eigenvalue weighted by molar-refractivity contribution is -0.384. The molecule has 0 spiro atoms. The van der Waals surface area contributed by atoms with Gasteiger partial charge in [-0.25, -0.2) is 0 Å². The molecule has 1 amide bonds. The normalized spacial score (nSPS) is 10.6. The van der Waals surface area contributed by atoms with Gasteiger partial charge in [0.2, 0.25) is 0 Å². The monoisotopic (exact) mass is 361 g/mol. The molecule has 0 atom stereocenters. The van der Waals surface area contributed by atoms with Crippen molar-refractivity contribution in [3.8, 4) is 0 Å². The van der Waals surface area contributed by atoms with Crippen molar-refractivity contribution in [2.75, 3.05) is 16.8 Å². The summed E-state index contributed by atoms with van der Waals surface area (Å²) >= 11 is 5.98. The minimum Gasteiger partial charge on any atom is -0.369 e. The van der Waals surface area contributed by atoms with Gasteiger partial charge in [-0.05, 0) is 51.1 Å². The summed E-state index contributed by atoms with van der Waals surface area (Å²) in [6.07, 6.45) is 0. The lowest BCUT2D eigenvalue weighted by Crippen LogP contribution is -2.30. The fourth-order valence-electron chi connectivity index (χ4n) is 2.58. The van der Waals surface area contributed by atoms with Crippen molar-refractivity contribution in [3.05, 3.63) is 63.2 Å². The molecule has 1 N–H and O–H groups in total. The number of benzene rings is 2. The van der Waals surface area contributed by atoms with Gasteiger partial charge in [-0.15, -0.1) is 0 Å². The molecule has 132 valence electrons. The number of non-ortho nitro benzene ring substituents is 1. The Labute approximate surface area is 151 Å². The molecule has 0 aliphatic heterocycles. The maximum absolute atomic E-state index is 12.3. The summed E-state index contributed by atoms with van der Waals surface area (Å²) < 4.78 is 0. The standard InChI is InChI=1S/C18H20ClN3O3/c1-4-21(12(2)3)14-7-5-13(6-8-14)20-18(23)16-10-9-15(22(24)25)11-17(16)19/h5-12H,4H2,1-3H3,(H,20,23). The van der Waals surface area contributed by atoms with Crippen molar-refractivity contribution in [1.82, 2.24) is 0 Å². The van der Waals surface area contributed by atoms with Crippen molar-refractivity contribution in [3.63, 3.8) is 0 Å². The van der Waals surface area contributed by atoms with Crippen LogP contribution in [-0.2, 0) is 0 Å². The first-order valence-corrected chi connectivity index (χ1v) is 8.33. The van der Waals surface area contributed by atoms with E-state index >= 15 is 0 Å². The minimum absolute atomic E-state index is 0.0419. The number of nitrogens with zero attached hydrogens (tertiary/aromatic N) is 2. The highest BCUT2D eigenvalue weighted by molar-refractivity contribution is 6.34. The van der Waals surface area contributed by atoms with E-state index in [0.717, 1.165) is 12.2 Å². The summed E-state index contributed by atoms with van der Waals surface area (Å²) in [5.74, 6) is -0.413. The third-order valence-corrected chi connectivity index (χ3v) is 4.14. The van der Waals surface area contributed by atoms with Gasteiger partial charge in [-0.1, -0.05) is 11.6 Å². The van der Waals surface area contributed by atoms with E-state index in [2.05, 4.69) is 31.0 Å². The average Bonchev–Trinajstić information content (AvgIpc) is 2.56. The molecule has 2 rings (SSSR count). The number of nitrogens with one attached hydrogen (secondary N) is 1. The first-order valence-electron chi connectivity index (χ1n) is 7.95. The largest absolute Gasteiger partial charge is 0.369 e. The van der Waals surface area contributed by atoms with E-state index in [1.54, 1.807) is 0 Å². The van der Waals surface area contributed by atoms with Crippen LogP contribution in [0.1, 0.15) is 31.1 Å². The molecule has 2 aromatic carbocycles. The number of hydrogen-bond acceptors (Lipinski definition) is 4.